The Morgan fingerprint density at radius 3 is 2.68 bits per heavy atom. The quantitative estimate of drug-likeness (QED) is 0.487. The lowest BCUT2D eigenvalue weighted by Gasteiger charge is -2.17. The Kier molecular flexibility index (Phi) is 4.42. The van der Waals surface area contributed by atoms with Crippen molar-refractivity contribution in [3.05, 3.63) is 59.8 Å². The second-order valence-electron chi connectivity index (χ2n) is 6.18. The van der Waals surface area contributed by atoms with Crippen LogP contribution in [0.5, 0.6) is 5.75 Å². The van der Waals surface area contributed by atoms with Gasteiger partial charge in [-0.2, -0.15) is 5.26 Å². The number of aromatic nitrogens is 1. The van der Waals surface area contributed by atoms with Gasteiger partial charge in [0.15, 0.2) is 5.58 Å². The van der Waals surface area contributed by atoms with Gasteiger partial charge in [0, 0.05) is 24.2 Å². The zero-order chi connectivity index (χ0) is 19.7. The van der Waals surface area contributed by atoms with E-state index in [1.165, 1.54) is 6.92 Å². The first kappa shape index (κ1) is 17.6. The van der Waals surface area contributed by atoms with Gasteiger partial charge in [0.2, 0.25) is 5.71 Å². The highest BCUT2D eigenvalue weighted by molar-refractivity contribution is 6.12. The molecule has 6 heteroatoms. The number of benzene rings is 2. The van der Waals surface area contributed by atoms with Crippen molar-refractivity contribution in [3.8, 4) is 22.9 Å². The molecule has 6 nitrogen and oxygen atoms in total. The monoisotopic (exact) mass is 372 g/mol. The molecule has 0 aliphatic carbocycles. The molecule has 0 saturated carbocycles. The fourth-order valence-corrected chi connectivity index (χ4v) is 3.41. The van der Waals surface area contributed by atoms with E-state index in [9.17, 15) is 10.1 Å². The molecule has 0 atom stereocenters. The molecule has 0 aliphatic heterocycles. The molecular formula is C22H16N2O4. The van der Waals surface area contributed by atoms with Crippen LogP contribution in [0.15, 0.2) is 53.1 Å². The Labute approximate surface area is 160 Å². The Bertz CT molecular complexity index is 1240. The first-order valence-electron chi connectivity index (χ1n) is 8.64. The number of nitrogens with zero attached hydrogens (tertiary/aromatic N) is 2. The van der Waals surface area contributed by atoms with E-state index in [1.54, 1.807) is 19.4 Å². The number of hydrogen-bond acceptors (Lipinski definition) is 6. The van der Waals surface area contributed by atoms with Gasteiger partial charge in [-0.15, -0.1) is 0 Å². The smallest absolute Gasteiger partial charge is 0.302 e. The van der Waals surface area contributed by atoms with Crippen LogP contribution in [0.3, 0.4) is 0 Å². The van der Waals surface area contributed by atoms with Crippen LogP contribution >= 0.6 is 0 Å². The Morgan fingerprint density at radius 2 is 2.00 bits per heavy atom. The molecule has 28 heavy (non-hydrogen) atoms. The van der Waals surface area contributed by atoms with Crippen LogP contribution in [0.25, 0.3) is 33.2 Å². The first-order valence-corrected chi connectivity index (χ1v) is 8.64. The van der Waals surface area contributed by atoms with E-state index in [0.29, 0.717) is 39.1 Å². The lowest BCUT2D eigenvalue weighted by molar-refractivity contribution is -0.142. The maximum Gasteiger partial charge on any atom is 0.302 e. The van der Waals surface area contributed by atoms with Gasteiger partial charge in [-0.3, -0.25) is 4.79 Å². The second-order valence-corrected chi connectivity index (χ2v) is 6.18. The van der Waals surface area contributed by atoms with Gasteiger partial charge in [-0.05, 0) is 17.7 Å². The molecule has 0 aliphatic rings. The third kappa shape index (κ3) is 2.74. The highest BCUT2D eigenvalue weighted by Crippen LogP contribution is 2.46. The molecule has 0 N–H and O–H groups in total. The minimum Gasteiger partial charge on any atom is -0.495 e. The lowest BCUT2D eigenvalue weighted by Crippen LogP contribution is -2.05. The second kappa shape index (κ2) is 7.05. The molecule has 0 saturated heterocycles. The maximum atomic E-state index is 11.5. The summed E-state index contributed by atoms with van der Waals surface area (Å²) in [6.45, 7) is 1.26. The summed E-state index contributed by atoms with van der Waals surface area (Å²) in [5.41, 5.74) is 3.16. The predicted octanol–water partition coefficient (Wildman–Crippen LogP) is 4.59. The predicted molar refractivity (Wildman–Crippen MR) is 104 cm³/mol. The zero-order valence-electron chi connectivity index (χ0n) is 15.4. The lowest BCUT2D eigenvalue weighted by atomic mass is 9.92. The summed E-state index contributed by atoms with van der Waals surface area (Å²) < 4.78 is 16.9. The largest absolute Gasteiger partial charge is 0.495 e. The molecule has 2 aromatic carbocycles. The number of esters is 1. The molecule has 138 valence electrons. The normalized spacial score (nSPS) is 10.8. The zero-order valence-corrected chi connectivity index (χ0v) is 15.4. The highest BCUT2D eigenvalue weighted by atomic mass is 16.5. The Balaban J connectivity index is 2.19. The van der Waals surface area contributed by atoms with E-state index in [4.69, 9.17) is 13.9 Å². The summed E-state index contributed by atoms with van der Waals surface area (Å²) in [7, 11) is 1.57. The summed E-state index contributed by atoms with van der Waals surface area (Å²) in [6, 6.07) is 15.4. The summed E-state index contributed by atoms with van der Waals surface area (Å²) in [5, 5.41) is 11.4. The average molecular weight is 372 g/mol. The van der Waals surface area contributed by atoms with Crippen LogP contribution in [0.2, 0.25) is 0 Å². The van der Waals surface area contributed by atoms with Crippen LogP contribution in [-0.2, 0) is 16.1 Å². The number of furan rings is 1. The van der Waals surface area contributed by atoms with E-state index in [2.05, 4.69) is 11.1 Å². The number of nitriles is 1. The third-order valence-corrected chi connectivity index (χ3v) is 4.55. The van der Waals surface area contributed by atoms with E-state index in [0.717, 1.165) is 10.9 Å². The van der Waals surface area contributed by atoms with Crippen molar-refractivity contribution in [3.63, 3.8) is 0 Å². The van der Waals surface area contributed by atoms with Gasteiger partial charge in [-0.1, -0.05) is 30.3 Å². The maximum absolute atomic E-state index is 11.5. The van der Waals surface area contributed by atoms with Crippen molar-refractivity contribution in [1.82, 2.24) is 4.98 Å². The summed E-state index contributed by atoms with van der Waals surface area (Å²) in [4.78, 5) is 15.7. The number of pyridine rings is 1. The van der Waals surface area contributed by atoms with Crippen molar-refractivity contribution in [1.29, 1.82) is 5.26 Å². The fraction of sp³-hybridized carbons (Fsp3) is 0.136. The van der Waals surface area contributed by atoms with Crippen molar-refractivity contribution in [2.45, 2.75) is 13.5 Å². The molecule has 2 heterocycles. The van der Waals surface area contributed by atoms with Gasteiger partial charge in [0.25, 0.3) is 0 Å². The number of methoxy groups -OCH3 is 1. The third-order valence-electron chi connectivity index (χ3n) is 4.55. The molecule has 4 aromatic rings. The van der Waals surface area contributed by atoms with Crippen LogP contribution < -0.4 is 4.74 Å². The van der Waals surface area contributed by atoms with E-state index in [1.807, 2.05) is 36.4 Å². The Hall–Kier alpha value is -3.85. The number of ether oxygens (including phenoxy) is 2. The van der Waals surface area contributed by atoms with Crippen LogP contribution in [-0.4, -0.2) is 18.1 Å². The van der Waals surface area contributed by atoms with Gasteiger partial charge < -0.3 is 13.9 Å². The number of carbonyl (C=O) groups excluding carboxylic acids is 1. The van der Waals surface area contributed by atoms with E-state index in [-0.39, 0.29) is 6.61 Å². The molecule has 0 bridgehead atoms. The summed E-state index contributed by atoms with van der Waals surface area (Å²) in [5.74, 6) is 0.113. The molecule has 0 fully saturated rings. The SMILES string of the molecule is COc1c(-c2ccccc2)c(COC(C)=O)c(C#N)c2oc3ncccc3c12. The standard InChI is InChI=1S/C22H16N2O4/c1-13(25)27-12-17-16(11-23)20-19(15-9-6-10-24-22(15)28-20)21(26-2)18(17)14-7-4-3-5-8-14/h3-10H,12H2,1-2H3. The number of carbonyl (C=O) groups is 1. The van der Waals surface area contributed by atoms with Gasteiger partial charge in [0.1, 0.15) is 24.0 Å². The molecule has 4 rings (SSSR count). The summed E-state index contributed by atoms with van der Waals surface area (Å²) in [6.07, 6.45) is 1.63. The number of hydrogen-bond donors (Lipinski definition) is 0. The van der Waals surface area contributed by atoms with Crippen molar-refractivity contribution >= 4 is 28.0 Å². The Morgan fingerprint density at radius 1 is 1.21 bits per heavy atom. The van der Waals surface area contributed by atoms with Crippen LogP contribution in [0.1, 0.15) is 18.1 Å². The topological polar surface area (TPSA) is 85.4 Å². The van der Waals surface area contributed by atoms with Crippen molar-refractivity contribution < 1.29 is 18.7 Å². The molecular weight excluding hydrogens is 356 g/mol. The van der Waals surface area contributed by atoms with E-state index >= 15 is 0 Å². The summed E-state index contributed by atoms with van der Waals surface area (Å²) >= 11 is 0. The first-order chi connectivity index (χ1) is 13.7. The van der Waals surface area contributed by atoms with Gasteiger partial charge in [0.05, 0.1) is 17.9 Å². The van der Waals surface area contributed by atoms with Gasteiger partial charge in [-0.25, -0.2) is 4.98 Å². The van der Waals surface area contributed by atoms with E-state index < -0.39 is 5.97 Å². The minimum absolute atomic E-state index is 0.0702. The number of fused-ring (bicyclic) bond motifs is 3. The van der Waals surface area contributed by atoms with Crippen LogP contribution in [0, 0.1) is 11.3 Å². The highest BCUT2D eigenvalue weighted by Gasteiger charge is 2.26. The molecule has 2 aromatic heterocycles. The minimum atomic E-state index is -0.437. The average Bonchev–Trinajstić information content (AvgIpc) is 3.10. The molecule has 0 spiro atoms. The van der Waals surface area contributed by atoms with Gasteiger partial charge >= 0.3 is 5.97 Å². The fourth-order valence-electron chi connectivity index (χ4n) is 3.41. The molecule has 0 unspecified atom stereocenters. The molecule has 0 amide bonds. The van der Waals surface area contributed by atoms with Crippen molar-refractivity contribution in [2.24, 2.45) is 0 Å². The van der Waals surface area contributed by atoms with Crippen LogP contribution in [0.4, 0.5) is 0 Å². The van der Waals surface area contributed by atoms with Crippen molar-refractivity contribution in [2.75, 3.05) is 7.11 Å². The molecule has 0 radical (unpaired) electrons. The number of rotatable bonds is 4.